The van der Waals surface area contributed by atoms with Crippen LogP contribution in [0, 0.1) is 6.92 Å². The highest BCUT2D eigenvalue weighted by molar-refractivity contribution is 5.89. The molecule has 150 valence electrons. The lowest BCUT2D eigenvalue weighted by molar-refractivity contribution is 0.122. The van der Waals surface area contributed by atoms with E-state index in [2.05, 4.69) is 30.5 Å². The molecule has 2 amide bonds. The van der Waals surface area contributed by atoms with Gasteiger partial charge in [-0.15, -0.1) is 0 Å². The molecule has 0 unspecified atom stereocenters. The topological polar surface area (TPSA) is 97.2 Å². The van der Waals surface area contributed by atoms with Gasteiger partial charge >= 0.3 is 6.03 Å². The fourth-order valence-electron chi connectivity index (χ4n) is 3.12. The van der Waals surface area contributed by atoms with Crippen molar-refractivity contribution in [1.82, 2.24) is 24.8 Å². The number of nitrogens with one attached hydrogen (secondary N) is 2. The molecule has 2 N–H and O–H groups in total. The second kappa shape index (κ2) is 8.70. The molecule has 1 saturated heterocycles. The van der Waals surface area contributed by atoms with E-state index in [0.29, 0.717) is 25.4 Å². The third-order valence-corrected chi connectivity index (χ3v) is 4.68. The maximum atomic E-state index is 12.2. The molecular weight excluding hydrogens is 370 g/mol. The summed E-state index contributed by atoms with van der Waals surface area (Å²) in [5, 5.41) is 5.66. The Morgan fingerprint density at radius 1 is 1.10 bits per heavy atom. The molecule has 9 nitrogen and oxygen atoms in total. The third kappa shape index (κ3) is 4.69. The number of amides is 2. The van der Waals surface area contributed by atoms with E-state index in [0.717, 1.165) is 36.1 Å². The predicted molar refractivity (Wildman–Crippen MR) is 109 cm³/mol. The van der Waals surface area contributed by atoms with E-state index in [1.807, 2.05) is 42.0 Å². The van der Waals surface area contributed by atoms with Crippen LogP contribution in [0.2, 0.25) is 0 Å². The fourth-order valence-corrected chi connectivity index (χ4v) is 3.12. The standard InChI is InChI=1S/C20H23N7O2/c1-15-21-6-7-27(15)19-12-16(4-5-22-19)13-24-20(28)25-17-2-3-18(23-14-17)26-8-10-29-11-9-26/h2-7,12,14H,8-11,13H2,1H3,(H2,24,25,28). The van der Waals surface area contributed by atoms with Crippen molar-refractivity contribution in [2.75, 3.05) is 36.5 Å². The molecule has 0 bridgehead atoms. The summed E-state index contributed by atoms with van der Waals surface area (Å²) in [6.45, 7) is 5.37. The first-order chi connectivity index (χ1) is 14.2. The summed E-state index contributed by atoms with van der Waals surface area (Å²) >= 11 is 0. The van der Waals surface area contributed by atoms with E-state index in [9.17, 15) is 4.79 Å². The molecule has 0 spiro atoms. The summed E-state index contributed by atoms with van der Waals surface area (Å²) in [7, 11) is 0. The Balaban J connectivity index is 1.31. The SMILES string of the molecule is Cc1nccn1-c1cc(CNC(=O)Nc2ccc(N3CCOCC3)nc2)ccn1. The molecule has 0 saturated carbocycles. The van der Waals surface area contributed by atoms with Gasteiger partial charge in [0, 0.05) is 38.2 Å². The van der Waals surface area contributed by atoms with Gasteiger partial charge in [0.25, 0.3) is 0 Å². The fraction of sp³-hybridized carbons (Fsp3) is 0.300. The van der Waals surface area contributed by atoms with E-state index in [-0.39, 0.29) is 6.03 Å². The Labute approximate surface area is 168 Å². The Kier molecular flexibility index (Phi) is 5.66. The van der Waals surface area contributed by atoms with Gasteiger partial charge in [-0.1, -0.05) is 0 Å². The van der Waals surface area contributed by atoms with Crippen LogP contribution in [0.3, 0.4) is 0 Å². The minimum atomic E-state index is -0.289. The molecule has 3 aromatic rings. The van der Waals surface area contributed by atoms with Crippen LogP contribution in [-0.4, -0.2) is 51.9 Å². The number of carbonyl (C=O) groups is 1. The number of ether oxygens (including phenoxy) is 1. The first kappa shape index (κ1) is 18.9. The number of anilines is 2. The van der Waals surface area contributed by atoms with Crippen LogP contribution < -0.4 is 15.5 Å². The van der Waals surface area contributed by atoms with Crippen LogP contribution >= 0.6 is 0 Å². The number of carbonyl (C=O) groups excluding carboxylic acids is 1. The van der Waals surface area contributed by atoms with Gasteiger partial charge in [0.15, 0.2) is 0 Å². The first-order valence-corrected chi connectivity index (χ1v) is 9.48. The van der Waals surface area contributed by atoms with Gasteiger partial charge in [-0.2, -0.15) is 0 Å². The van der Waals surface area contributed by atoms with E-state index in [4.69, 9.17) is 4.74 Å². The lowest BCUT2D eigenvalue weighted by Crippen LogP contribution is -2.36. The molecule has 0 atom stereocenters. The Bertz CT molecular complexity index is 965. The minimum absolute atomic E-state index is 0.289. The summed E-state index contributed by atoms with van der Waals surface area (Å²) in [4.78, 5) is 27.4. The van der Waals surface area contributed by atoms with E-state index in [1.165, 1.54) is 0 Å². The molecule has 29 heavy (non-hydrogen) atoms. The monoisotopic (exact) mass is 393 g/mol. The van der Waals surface area contributed by atoms with E-state index >= 15 is 0 Å². The smallest absolute Gasteiger partial charge is 0.319 e. The largest absolute Gasteiger partial charge is 0.378 e. The van der Waals surface area contributed by atoms with Gasteiger partial charge in [0.1, 0.15) is 17.5 Å². The molecule has 1 fully saturated rings. The molecular formula is C20H23N7O2. The summed E-state index contributed by atoms with van der Waals surface area (Å²) in [6.07, 6.45) is 6.97. The zero-order chi connectivity index (χ0) is 20.1. The van der Waals surface area contributed by atoms with Crippen molar-refractivity contribution in [3.05, 3.63) is 60.4 Å². The predicted octanol–water partition coefficient (Wildman–Crippen LogP) is 2.13. The van der Waals surface area contributed by atoms with Crippen molar-refractivity contribution in [2.24, 2.45) is 0 Å². The summed E-state index contributed by atoms with van der Waals surface area (Å²) in [5.74, 6) is 2.51. The summed E-state index contributed by atoms with van der Waals surface area (Å²) in [6, 6.07) is 7.26. The van der Waals surface area contributed by atoms with Crippen molar-refractivity contribution >= 4 is 17.5 Å². The molecule has 9 heteroatoms. The molecule has 0 aliphatic carbocycles. The van der Waals surface area contributed by atoms with Crippen LogP contribution in [0.1, 0.15) is 11.4 Å². The maximum absolute atomic E-state index is 12.2. The molecule has 1 aliphatic heterocycles. The number of rotatable bonds is 5. The van der Waals surface area contributed by atoms with Crippen molar-refractivity contribution in [2.45, 2.75) is 13.5 Å². The normalized spacial score (nSPS) is 13.9. The molecule has 4 heterocycles. The summed E-state index contributed by atoms with van der Waals surface area (Å²) < 4.78 is 7.25. The van der Waals surface area contributed by atoms with Crippen LogP contribution in [0.15, 0.2) is 49.1 Å². The highest BCUT2D eigenvalue weighted by Gasteiger charge is 2.12. The van der Waals surface area contributed by atoms with Gasteiger partial charge in [-0.25, -0.2) is 19.7 Å². The Hall–Kier alpha value is -3.46. The number of pyridine rings is 2. The van der Waals surface area contributed by atoms with Gasteiger partial charge in [0.05, 0.1) is 25.1 Å². The highest BCUT2D eigenvalue weighted by atomic mass is 16.5. The lowest BCUT2D eigenvalue weighted by Gasteiger charge is -2.27. The van der Waals surface area contributed by atoms with Crippen molar-refractivity contribution in [3.63, 3.8) is 0 Å². The van der Waals surface area contributed by atoms with Crippen LogP contribution in [-0.2, 0) is 11.3 Å². The number of hydrogen-bond donors (Lipinski definition) is 2. The van der Waals surface area contributed by atoms with Crippen LogP contribution in [0.5, 0.6) is 0 Å². The Morgan fingerprint density at radius 3 is 2.69 bits per heavy atom. The second-order valence-corrected chi connectivity index (χ2v) is 6.68. The lowest BCUT2D eigenvalue weighted by atomic mass is 10.2. The van der Waals surface area contributed by atoms with Crippen LogP contribution in [0.4, 0.5) is 16.3 Å². The zero-order valence-corrected chi connectivity index (χ0v) is 16.2. The average Bonchev–Trinajstić information content (AvgIpc) is 3.20. The number of urea groups is 1. The third-order valence-electron chi connectivity index (χ3n) is 4.68. The molecule has 4 rings (SSSR count). The molecule has 0 aromatic carbocycles. The van der Waals surface area contributed by atoms with Gasteiger partial charge in [0.2, 0.25) is 0 Å². The maximum Gasteiger partial charge on any atom is 0.319 e. The van der Waals surface area contributed by atoms with Crippen LogP contribution in [0.25, 0.3) is 5.82 Å². The molecule has 0 radical (unpaired) electrons. The van der Waals surface area contributed by atoms with Gasteiger partial charge < -0.3 is 20.3 Å². The van der Waals surface area contributed by atoms with Gasteiger partial charge in [-0.05, 0) is 36.8 Å². The Morgan fingerprint density at radius 2 is 1.97 bits per heavy atom. The van der Waals surface area contributed by atoms with Crippen molar-refractivity contribution in [3.8, 4) is 5.82 Å². The number of morpholine rings is 1. The number of imidazole rings is 1. The second-order valence-electron chi connectivity index (χ2n) is 6.68. The van der Waals surface area contributed by atoms with Crippen molar-refractivity contribution < 1.29 is 9.53 Å². The van der Waals surface area contributed by atoms with E-state index in [1.54, 1.807) is 18.6 Å². The number of aryl methyl sites for hydroxylation is 1. The van der Waals surface area contributed by atoms with Gasteiger partial charge in [-0.3, -0.25) is 4.57 Å². The number of aromatic nitrogens is 4. The van der Waals surface area contributed by atoms with E-state index < -0.39 is 0 Å². The zero-order valence-electron chi connectivity index (χ0n) is 16.2. The average molecular weight is 393 g/mol. The number of nitrogens with zero attached hydrogens (tertiary/aromatic N) is 5. The quantitative estimate of drug-likeness (QED) is 0.689. The van der Waals surface area contributed by atoms with Crippen molar-refractivity contribution in [1.29, 1.82) is 0 Å². The summed E-state index contributed by atoms with van der Waals surface area (Å²) in [5.41, 5.74) is 1.59. The molecule has 3 aromatic heterocycles. The number of hydrogen-bond acceptors (Lipinski definition) is 6. The minimum Gasteiger partial charge on any atom is -0.378 e. The molecule has 1 aliphatic rings. The first-order valence-electron chi connectivity index (χ1n) is 9.48. The highest BCUT2D eigenvalue weighted by Crippen LogP contribution is 2.15.